The first-order valence-electron chi connectivity index (χ1n) is 6.09. The van der Waals surface area contributed by atoms with E-state index in [2.05, 4.69) is 27.3 Å². The highest BCUT2D eigenvalue weighted by Gasteiger charge is 2.04. The van der Waals surface area contributed by atoms with Crippen LogP contribution in [0.4, 0.5) is 11.4 Å². The summed E-state index contributed by atoms with van der Waals surface area (Å²) in [4.78, 5) is 12.1. The van der Waals surface area contributed by atoms with Crippen LogP contribution in [0.1, 0.15) is 12.5 Å². The maximum Gasteiger partial charge on any atom is 0.221 e. The van der Waals surface area contributed by atoms with Crippen molar-refractivity contribution in [1.29, 1.82) is 0 Å². The van der Waals surface area contributed by atoms with E-state index in [9.17, 15) is 4.79 Å². The fourth-order valence-electron chi connectivity index (χ4n) is 1.71. The fourth-order valence-corrected chi connectivity index (χ4v) is 3.19. The average Bonchev–Trinajstić information content (AvgIpc) is 2.41. The predicted octanol–water partition coefficient (Wildman–Crippen LogP) is 4.28. The molecule has 0 fully saturated rings. The molecule has 0 heterocycles. The Balaban J connectivity index is 2.00. The lowest BCUT2D eigenvalue weighted by Gasteiger charge is -2.07. The van der Waals surface area contributed by atoms with Gasteiger partial charge in [-0.1, -0.05) is 12.1 Å². The van der Waals surface area contributed by atoms with Crippen LogP contribution in [-0.4, -0.2) is 5.91 Å². The molecule has 3 nitrogen and oxygen atoms in total. The van der Waals surface area contributed by atoms with Gasteiger partial charge in [-0.05, 0) is 51.8 Å². The highest BCUT2D eigenvalue weighted by molar-refractivity contribution is 9.10. The number of halogens is 1. The first-order chi connectivity index (χ1) is 9.56. The molecule has 0 bridgehead atoms. The van der Waals surface area contributed by atoms with Crippen LogP contribution in [-0.2, 0) is 10.5 Å². The Hall–Kier alpha value is -1.46. The van der Waals surface area contributed by atoms with Gasteiger partial charge in [0, 0.05) is 33.4 Å². The first kappa shape index (κ1) is 14.9. The van der Waals surface area contributed by atoms with Gasteiger partial charge in [-0.3, -0.25) is 4.79 Å². The number of rotatable bonds is 4. The van der Waals surface area contributed by atoms with E-state index < -0.39 is 0 Å². The molecular formula is C15H15BrN2OS. The van der Waals surface area contributed by atoms with E-state index in [-0.39, 0.29) is 5.91 Å². The molecule has 0 saturated carbocycles. The van der Waals surface area contributed by atoms with Gasteiger partial charge < -0.3 is 11.1 Å². The number of nitrogen functional groups attached to an aromatic ring is 1. The van der Waals surface area contributed by atoms with Crippen molar-refractivity contribution in [3.8, 4) is 0 Å². The molecule has 3 N–H and O–H groups in total. The number of amides is 1. The lowest BCUT2D eigenvalue weighted by Crippen LogP contribution is -2.05. The van der Waals surface area contributed by atoms with Gasteiger partial charge in [0.25, 0.3) is 0 Å². The standard InChI is InChI=1S/C15H15BrN2OS/c1-10(19)18-12-5-7-13(8-6-12)20-9-11-3-2-4-14(17)15(11)16/h2-8H,9,17H2,1H3,(H,18,19). The normalized spacial score (nSPS) is 10.3. The second-order valence-electron chi connectivity index (χ2n) is 4.31. The molecule has 0 aromatic heterocycles. The number of carbonyl (C=O) groups excluding carboxylic acids is 1. The third kappa shape index (κ3) is 4.02. The van der Waals surface area contributed by atoms with Crippen LogP contribution < -0.4 is 11.1 Å². The van der Waals surface area contributed by atoms with Gasteiger partial charge in [-0.2, -0.15) is 0 Å². The molecule has 20 heavy (non-hydrogen) atoms. The molecule has 0 aliphatic heterocycles. The van der Waals surface area contributed by atoms with Gasteiger partial charge >= 0.3 is 0 Å². The summed E-state index contributed by atoms with van der Waals surface area (Å²) in [6, 6.07) is 13.7. The summed E-state index contributed by atoms with van der Waals surface area (Å²) < 4.78 is 0.961. The van der Waals surface area contributed by atoms with Crippen LogP contribution in [0.25, 0.3) is 0 Å². The van der Waals surface area contributed by atoms with Crippen molar-refractivity contribution in [2.45, 2.75) is 17.6 Å². The molecule has 0 aliphatic rings. The SMILES string of the molecule is CC(=O)Nc1ccc(SCc2cccc(N)c2Br)cc1. The molecule has 2 rings (SSSR count). The Kier molecular flexibility index (Phi) is 5.09. The number of nitrogens with two attached hydrogens (primary N) is 1. The maximum absolute atomic E-state index is 10.9. The van der Waals surface area contributed by atoms with Gasteiger partial charge in [0.2, 0.25) is 5.91 Å². The van der Waals surface area contributed by atoms with Gasteiger partial charge in [0.05, 0.1) is 0 Å². The number of anilines is 2. The van der Waals surface area contributed by atoms with E-state index in [4.69, 9.17) is 5.73 Å². The summed E-state index contributed by atoms with van der Waals surface area (Å²) in [6.45, 7) is 1.50. The summed E-state index contributed by atoms with van der Waals surface area (Å²) in [5.74, 6) is 0.777. The summed E-state index contributed by atoms with van der Waals surface area (Å²) >= 11 is 5.23. The Morgan fingerprint density at radius 1 is 1.25 bits per heavy atom. The summed E-state index contributed by atoms with van der Waals surface area (Å²) in [6.07, 6.45) is 0. The Labute approximate surface area is 131 Å². The summed E-state index contributed by atoms with van der Waals surface area (Å²) in [7, 11) is 0. The van der Waals surface area contributed by atoms with E-state index >= 15 is 0 Å². The number of carbonyl (C=O) groups is 1. The minimum absolute atomic E-state index is 0.0610. The smallest absolute Gasteiger partial charge is 0.221 e. The van der Waals surface area contributed by atoms with E-state index in [0.717, 1.165) is 26.5 Å². The molecule has 0 atom stereocenters. The molecule has 2 aromatic carbocycles. The van der Waals surface area contributed by atoms with Gasteiger partial charge in [-0.25, -0.2) is 0 Å². The van der Waals surface area contributed by atoms with Crippen LogP contribution in [0, 0.1) is 0 Å². The number of nitrogens with one attached hydrogen (secondary N) is 1. The van der Waals surface area contributed by atoms with E-state index in [1.807, 2.05) is 36.4 Å². The zero-order valence-electron chi connectivity index (χ0n) is 11.0. The molecule has 2 aromatic rings. The molecular weight excluding hydrogens is 336 g/mol. The molecule has 0 spiro atoms. The number of hydrogen-bond acceptors (Lipinski definition) is 3. The Morgan fingerprint density at radius 2 is 1.95 bits per heavy atom. The second-order valence-corrected chi connectivity index (χ2v) is 6.16. The lowest BCUT2D eigenvalue weighted by molar-refractivity contribution is -0.114. The van der Waals surface area contributed by atoms with E-state index in [1.165, 1.54) is 12.5 Å². The van der Waals surface area contributed by atoms with E-state index in [0.29, 0.717) is 0 Å². The monoisotopic (exact) mass is 350 g/mol. The predicted molar refractivity (Wildman–Crippen MR) is 88.9 cm³/mol. The molecule has 1 amide bonds. The maximum atomic E-state index is 10.9. The second kappa shape index (κ2) is 6.81. The van der Waals surface area contributed by atoms with Crippen molar-refractivity contribution in [3.63, 3.8) is 0 Å². The van der Waals surface area contributed by atoms with Gasteiger partial charge in [-0.15, -0.1) is 11.8 Å². The van der Waals surface area contributed by atoms with Crippen LogP contribution in [0.5, 0.6) is 0 Å². The number of thioether (sulfide) groups is 1. The molecule has 0 unspecified atom stereocenters. The Morgan fingerprint density at radius 3 is 2.60 bits per heavy atom. The van der Waals surface area contributed by atoms with Crippen LogP contribution in [0.15, 0.2) is 51.8 Å². The zero-order chi connectivity index (χ0) is 14.5. The minimum Gasteiger partial charge on any atom is -0.398 e. The zero-order valence-corrected chi connectivity index (χ0v) is 13.4. The van der Waals surface area contributed by atoms with Crippen LogP contribution in [0.2, 0.25) is 0 Å². The quantitative estimate of drug-likeness (QED) is 0.639. The highest BCUT2D eigenvalue weighted by Crippen LogP contribution is 2.30. The van der Waals surface area contributed by atoms with Crippen molar-refractivity contribution in [1.82, 2.24) is 0 Å². The number of hydrogen-bond donors (Lipinski definition) is 2. The van der Waals surface area contributed by atoms with Crippen molar-refractivity contribution < 1.29 is 4.79 Å². The molecule has 5 heteroatoms. The molecule has 104 valence electrons. The lowest BCUT2D eigenvalue weighted by atomic mass is 10.2. The molecule has 0 aliphatic carbocycles. The van der Waals surface area contributed by atoms with Crippen molar-refractivity contribution in [3.05, 3.63) is 52.5 Å². The Bertz CT molecular complexity index is 614. The summed E-state index contributed by atoms with van der Waals surface area (Å²) in [5.41, 5.74) is 8.59. The largest absolute Gasteiger partial charge is 0.398 e. The third-order valence-corrected chi connectivity index (χ3v) is 4.71. The van der Waals surface area contributed by atoms with Crippen molar-refractivity contribution in [2.75, 3.05) is 11.1 Å². The van der Waals surface area contributed by atoms with Crippen molar-refractivity contribution >= 4 is 45.0 Å². The van der Waals surface area contributed by atoms with Gasteiger partial charge in [0.1, 0.15) is 0 Å². The van der Waals surface area contributed by atoms with E-state index in [1.54, 1.807) is 11.8 Å². The molecule has 0 radical (unpaired) electrons. The average molecular weight is 351 g/mol. The van der Waals surface area contributed by atoms with Crippen LogP contribution >= 0.6 is 27.7 Å². The molecule has 0 saturated heterocycles. The highest BCUT2D eigenvalue weighted by atomic mass is 79.9. The minimum atomic E-state index is -0.0610. The topological polar surface area (TPSA) is 55.1 Å². The van der Waals surface area contributed by atoms with Gasteiger partial charge in [0.15, 0.2) is 0 Å². The van der Waals surface area contributed by atoms with Crippen LogP contribution in [0.3, 0.4) is 0 Å². The van der Waals surface area contributed by atoms with Crippen molar-refractivity contribution in [2.24, 2.45) is 0 Å². The fraction of sp³-hybridized carbons (Fsp3) is 0.133. The first-order valence-corrected chi connectivity index (χ1v) is 7.87. The number of benzene rings is 2. The third-order valence-electron chi connectivity index (χ3n) is 2.68. The summed E-state index contributed by atoms with van der Waals surface area (Å²) in [5, 5.41) is 2.75.